The number of carboxylic acid groups (broad SMARTS) is 2. The third-order valence-electron chi connectivity index (χ3n) is 8.04. The summed E-state index contributed by atoms with van der Waals surface area (Å²) in [5, 5.41) is 39.7. The molecule has 1 heterocycles. The van der Waals surface area contributed by atoms with Crippen LogP contribution in [0.15, 0.2) is 0 Å². The van der Waals surface area contributed by atoms with Crippen molar-refractivity contribution < 1.29 is 47.4 Å². The van der Waals surface area contributed by atoms with Gasteiger partial charge in [-0.05, 0) is 65.2 Å². The van der Waals surface area contributed by atoms with Gasteiger partial charge in [-0.2, -0.15) is 0 Å². The number of amides is 4. The van der Waals surface area contributed by atoms with Gasteiger partial charge >= 0.3 is 11.9 Å². The Hall–Kier alpha value is -4.16. The van der Waals surface area contributed by atoms with Crippen molar-refractivity contribution in [3.8, 4) is 0 Å². The molecule has 0 aromatic carbocycles. The van der Waals surface area contributed by atoms with E-state index >= 15 is 0 Å². The largest absolute Gasteiger partial charge is 0.480 e. The number of nitrogens with zero attached hydrogens (tertiary/aromatic N) is 3. The number of aromatic nitrogens is 4. The molecular formula is C32H56N8O10S. The van der Waals surface area contributed by atoms with E-state index in [9.17, 15) is 42.3 Å². The molecule has 0 bridgehead atoms. The Balaban J connectivity index is 2.40. The van der Waals surface area contributed by atoms with Crippen LogP contribution in [0, 0.1) is 22.7 Å². The van der Waals surface area contributed by atoms with Crippen LogP contribution >= 0.6 is 0 Å². The predicted molar refractivity (Wildman–Crippen MR) is 185 cm³/mol. The van der Waals surface area contributed by atoms with Crippen LogP contribution in [0.25, 0.3) is 0 Å². The first-order chi connectivity index (χ1) is 23.5. The molecule has 19 heteroatoms. The van der Waals surface area contributed by atoms with Crippen molar-refractivity contribution in [2.75, 3.05) is 12.3 Å². The van der Waals surface area contributed by atoms with Crippen molar-refractivity contribution in [3.05, 3.63) is 5.82 Å². The topological polar surface area (TPSA) is 280 Å². The van der Waals surface area contributed by atoms with Gasteiger partial charge in [-0.3, -0.25) is 23.9 Å². The summed E-state index contributed by atoms with van der Waals surface area (Å²) in [5.74, 6) is -4.67. The van der Waals surface area contributed by atoms with Crippen LogP contribution in [0.3, 0.4) is 0 Å². The lowest BCUT2D eigenvalue weighted by molar-refractivity contribution is -0.143. The van der Waals surface area contributed by atoms with Gasteiger partial charge in [0.15, 0.2) is 0 Å². The van der Waals surface area contributed by atoms with E-state index in [4.69, 9.17) is 5.11 Å². The highest BCUT2D eigenvalue weighted by molar-refractivity contribution is 7.90. The molecule has 0 aliphatic carbocycles. The Morgan fingerprint density at radius 3 is 2.04 bits per heavy atom. The number of carbonyl (C=O) groups is 6. The molecule has 0 fully saturated rings. The molecule has 1 aromatic heterocycles. The summed E-state index contributed by atoms with van der Waals surface area (Å²) in [6.07, 6.45) is 1.27. The average Bonchev–Trinajstić information content (AvgIpc) is 3.47. The van der Waals surface area contributed by atoms with Gasteiger partial charge in [0.2, 0.25) is 33.7 Å². The number of H-pyrrole nitrogens is 1. The number of hydrogen-bond donors (Lipinski definition) is 7. The summed E-state index contributed by atoms with van der Waals surface area (Å²) in [4.78, 5) is 72.2. The summed E-state index contributed by atoms with van der Waals surface area (Å²) < 4.78 is 27.2. The van der Waals surface area contributed by atoms with Gasteiger partial charge in [-0.15, -0.1) is 5.10 Å². The molecule has 290 valence electrons. The van der Waals surface area contributed by atoms with Gasteiger partial charge in [-0.1, -0.05) is 48.5 Å². The van der Waals surface area contributed by atoms with Crippen LogP contribution < -0.4 is 20.7 Å². The lowest BCUT2D eigenvalue weighted by Crippen LogP contribution is -2.44. The first-order valence-corrected chi connectivity index (χ1v) is 18.7. The summed E-state index contributed by atoms with van der Waals surface area (Å²) in [7, 11) is -3.95. The number of hydrogen-bond acceptors (Lipinski definition) is 11. The van der Waals surface area contributed by atoms with E-state index < -0.39 is 62.9 Å². The third kappa shape index (κ3) is 19.7. The van der Waals surface area contributed by atoms with Crippen LogP contribution in [-0.4, -0.2) is 99.2 Å². The fourth-order valence-corrected chi connectivity index (χ4v) is 7.23. The van der Waals surface area contributed by atoms with Gasteiger partial charge in [0.1, 0.15) is 17.9 Å². The fraction of sp³-hybridized carbons (Fsp3) is 0.781. The monoisotopic (exact) mass is 744 g/mol. The smallest absolute Gasteiger partial charge is 0.326 e. The van der Waals surface area contributed by atoms with Crippen molar-refractivity contribution in [1.29, 1.82) is 0 Å². The van der Waals surface area contributed by atoms with E-state index in [1.54, 1.807) is 13.8 Å². The highest BCUT2D eigenvalue weighted by atomic mass is 32.2. The summed E-state index contributed by atoms with van der Waals surface area (Å²) in [5.41, 5.74) is -0.778. The zero-order valence-electron chi connectivity index (χ0n) is 30.7. The fourth-order valence-electron chi connectivity index (χ4n) is 6.18. The Labute approximate surface area is 299 Å². The average molecular weight is 745 g/mol. The molecule has 1 aromatic rings. The SMILES string of the molecule is CCC(NC(=O)CCC(NC(=O)CC(C)CC(C)CNC(=O)CCCS(=O)(=O)NC(=O)CC(C)(C)CC(C)(C)Cc1nnn[nH]1)C(=O)O)C(=O)O. The first-order valence-electron chi connectivity index (χ1n) is 17.1. The molecule has 1 rings (SSSR count). The molecule has 4 amide bonds. The maximum atomic E-state index is 12.6. The second-order valence-electron chi connectivity index (χ2n) is 15.0. The lowest BCUT2D eigenvalue weighted by Gasteiger charge is -2.34. The van der Waals surface area contributed by atoms with Crippen LogP contribution in [-0.2, 0) is 45.2 Å². The van der Waals surface area contributed by atoms with Gasteiger partial charge < -0.3 is 26.2 Å². The van der Waals surface area contributed by atoms with E-state index in [-0.39, 0.29) is 74.6 Å². The van der Waals surface area contributed by atoms with E-state index in [0.717, 1.165) is 0 Å². The quantitative estimate of drug-likeness (QED) is 0.0744. The van der Waals surface area contributed by atoms with Crippen molar-refractivity contribution in [3.63, 3.8) is 0 Å². The number of tetrazole rings is 1. The third-order valence-corrected chi connectivity index (χ3v) is 9.40. The summed E-state index contributed by atoms with van der Waals surface area (Å²) in [6, 6.07) is -2.41. The Kier molecular flexibility index (Phi) is 18.1. The second kappa shape index (κ2) is 20.6. The van der Waals surface area contributed by atoms with Crippen LogP contribution in [0.4, 0.5) is 0 Å². The van der Waals surface area contributed by atoms with E-state index in [1.807, 2.05) is 34.6 Å². The molecule has 7 N–H and O–H groups in total. The second-order valence-corrected chi connectivity index (χ2v) is 16.8. The minimum Gasteiger partial charge on any atom is -0.480 e. The van der Waals surface area contributed by atoms with Gasteiger partial charge in [0.05, 0.1) is 5.75 Å². The number of nitrogens with one attached hydrogen (secondary N) is 5. The number of carbonyl (C=O) groups excluding carboxylic acids is 4. The number of aromatic amines is 1. The Morgan fingerprint density at radius 1 is 0.843 bits per heavy atom. The summed E-state index contributed by atoms with van der Waals surface area (Å²) in [6.45, 7) is 13.3. The summed E-state index contributed by atoms with van der Waals surface area (Å²) >= 11 is 0. The molecule has 18 nitrogen and oxygen atoms in total. The minimum absolute atomic E-state index is 0.00405. The van der Waals surface area contributed by atoms with E-state index in [1.165, 1.54) is 0 Å². The Bertz CT molecular complexity index is 1430. The molecule has 0 aliphatic heterocycles. The molecule has 0 radical (unpaired) electrons. The maximum absolute atomic E-state index is 12.6. The molecule has 4 unspecified atom stereocenters. The van der Waals surface area contributed by atoms with Crippen molar-refractivity contribution in [2.24, 2.45) is 22.7 Å². The molecular weight excluding hydrogens is 688 g/mol. The van der Waals surface area contributed by atoms with E-state index in [0.29, 0.717) is 25.1 Å². The van der Waals surface area contributed by atoms with Gasteiger partial charge in [-0.25, -0.2) is 23.1 Å². The van der Waals surface area contributed by atoms with Crippen molar-refractivity contribution in [1.82, 2.24) is 41.3 Å². The maximum Gasteiger partial charge on any atom is 0.326 e. The molecule has 4 atom stereocenters. The molecule has 0 saturated heterocycles. The van der Waals surface area contributed by atoms with Crippen molar-refractivity contribution >= 4 is 45.6 Å². The van der Waals surface area contributed by atoms with Crippen LogP contribution in [0.2, 0.25) is 0 Å². The Morgan fingerprint density at radius 2 is 1.47 bits per heavy atom. The number of sulfonamides is 1. The lowest BCUT2D eigenvalue weighted by atomic mass is 9.71. The molecule has 0 spiro atoms. The normalized spacial score (nSPS) is 14.4. The predicted octanol–water partition coefficient (Wildman–Crippen LogP) is 1.30. The van der Waals surface area contributed by atoms with Crippen LogP contribution in [0.5, 0.6) is 0 Å². The first kappa shape index (κ1) is 44.9. The van der Waals surface area contributed by atoms with Gasteiger partial charge in [0.25, 0.3) is 0 Å². The zero-order chi connectivity index (χ0) is 39.0. The highest BCUT2D eigenvalue weighted by Gasteiger charge is 2.33. The number of carboxylic acids is 2. The van der Waals surface area contributed by atoms with Gasteiger partial charge in [0, 0.05) is 38.6 Å². The zero-order valence-corrected chi connectivity index (χ0v) is 31.5. The van der Waals surface area contributed by atoms with Crippen molar-refractivity contribution in [2.45, 2.75) is 125 Å². The molecule has 51 heavy (non-hydrogen) atoms. The number of rotatable bonds is 25. The molecule has 0 aliphatic rings. The highest BCUT2D eigenvalue weighted by Crippen LogP contribution is 2.38. The minimum atomic E-state index is -3.95. The van der Waals surface area contributed by atoms with Crippen LogP contribution in [0.1, 0.15) is 112 Å². The number of aliphatic carboxylic acids is 2. The molecule has 0 saturated carbocycles. The standard InChI is InChI=1S/C32H56N8O10S/c1-8-22(29(45)46)34-26(42)12-11-23(30(47)48)35-27(43)15-20(2)14-21(3)18-33-25(41)10-9-13-51(49,50)38-28(44)17-32(6,7)19-31(4,5)16-24-36-39-40-37-24/h20-23H,8-19H2,1-7H3,(H,33,41)(H,34,42)(H,35,43)(H,38,44)(H,45,46)(H,47,48)(H,36,37,39,40). The van der Waals surface area contributed by atoms with E-state index in [2.05, 4.69) is 41.3 Å².